The molecule has 1 aromatic carbocycles. The van der Waals surface area contributed by atoms with Gasteiger partial charge >= 0.3 is 0 Å². The van der Waals surface area contributed by atoms with Crippen LogP contribution in [0.5, 0.6) is 0 Å². The normalized spacial score (nSPS) is 11.6. The van der Waals surface area contributed by atoms with E-state index in [0.29, 0.717) is 25.2 Å². The van der Waals surface area contributed by atoms with Gasteiger partial charge in [-0.15, -0.1) is 0 Å². The van der Waals surface area contributed by atoms with Crippen molar-refractivity contribution in [2.45, 2.75) is 20.8 Å². The molecule has 2 rings (SSSR count). The summed E-state index contributed by atoms with van der Waals surface area (Å²) in [6.45, 7) is 8.03. The summed E-state index contributed by atoms with van der Waals surface area (Å²) < 4.78 is 0. The number of amides is 1. The van der Waals surface area contributed by atoms with E-state index in [9.17, 15) is 4.79 Å². The molecule has 2 N–H and O–H groups in total. The van der Waals surface area contributed by atoms with Gasteiger partial charge in [-0.05, 0) is 43.1 Å². The van der Waals surface area contributed by atoms with E-state index in [4.69, 9.17) is 5.73 Å². The summed E-state index contributed by atoms with van der Waals surface area (Å²) in [5, 5.41) is 0.984. The fraction of sp³-hybridized carbons (Fsp3) is 0.412. The topological polar surface area (TPSA) is 59.2 Å². The van der Waals surface area contributed by atoms with E-state index in [-0.39, 0.29) is 11.3 Å². The molecule has 0 unspecified atom stereocenters. The fourth-order valence-electron chi connectivity index (χ4n) is 2.30. The van der Waals surface area contributed by atoms with Gasteiger partial charge in [-0.25, -0.2) is 0 Å². The van der Waals surface area contributed by atoms with Crippen molar-refractivity contribution in [3.8, 4) is 0 Å². The van der Waals surface area contributed by atoms with Crippen molar-refractivity contribution in [2.24, 2.45) is 11.1 Å². The maximum Gasteiger partial charge on any atom is 0.253 e. The molecule has 0 bridgehead atoms. The van der Waals surface area contributed by atoms with Gasteiger partial charge in [-0.2, -0.15) is 0 Å². The first-order valence-electron chi connectivity index (χ1n) is 7.31. The molecule has 1 aromatic heterocycles. The fourth-order valence-corrected chi connectivity index (χ4v) is 2.30. The standard InChI is InChI=1S/C17H23N3O/c1-4-20(12-17(2,3)11-18)16(21)14-7-8-15-13(10-14)6-5-9-19-15/h5-10H,4,11-12,18H2,1-3H3. The second-order valence-electron chi connectivity index (χ2n) is 6.10. The third-order valence-electron chi connectivity index (χ3n) is 3.69. The predicted octanol–water partition coefficient (Wildman–Crippen LogP) is 2.68. The number of carbonyl (C=O) groups excluding carboxylic acids is 1. The highest BCUT2D eigenvalue weighted by molar-refractivity contribution is 5.97. The van der Waals surface area contributed by atoms with E-state index < -0.39 is 0 Å². The van der Waals surface area contributed by atoms with Gasteiger partial charge in [0.15, 0.2) is 0 Å². The van der Waals surface area contributed by atoms with E-state index in [2.05, 4.69) is 18.8 Å². The molecule has 0 fully saturated rings. The van der Waals surface area contributed by atoms with Gasteiger partial charge in [0.25, 0.3) is 5.91 Å². The summed E-state index contributed by atoms with van der Waals surface area (Å²) in [5.41, 5.74) is 7.30. The summed E-state index contributed by atoms with van der Waals surface area (Å²) >= 11 is 0. The summed E-state index contributed by atoms with van der Waals surface area (Å²) in [5.74, 6) is 0.0461. The highest BCUT2D eigenvalue weighted by Crippen LogP contribution is 2.19. The zero-order valence-electron chi connectivity index (χ0n) is 13.0. The van der Waals surface area contributed by atoms with Crippen LogP contribution in [0.4, 0.5) is 0 Å². The number of carbonyl (C=O) groups is 1. The Morgan fingerprint density at radius 1 is 1.33 bits per heavy atom. The van der Waals surface area contributed by atoms with Crippen LogP contribution in [0.3, 0.4) is 0 Å². The van der Waals surface area contributed by atoms with Gasteiger partial charge in [0.2, 0.25) is 0 Å². The number of hydrogen-bond donors (Lipinski definition) is 1. The quantitative estimate of drug-likeness (QED) is 0.919. The Morgan fingerprint density at radius 2 is 2.10 bits per heavy atom. The van der Waals surface area contributed by atoms with Crippen molar-refractivity contribution in [2.75, 3.05) is 19.6 Å². The maximum absolute atomic E-state index is 12.7. The third kappa shape index (κ3) is 3.58. The van der Waals surface area contributed by atoms with E-state index >= 15 is 0 Å². The summed E-state index contributed by atoms with van der Waals surface area (Å²) in [6.07, 6.45) is 1.76. The van der Waals surface area contributed by atoms with Gasteiger partial charge in [0, 0.05) is 30.2 Å². The molecule has 4 nitrogen and oxygen atoms in total. The van der Waals surface area contributed by atoms with Crippen LogP contribution in [-0.4, -0.2) is 35.4 Å². The van der Waals surface area contributed by atoms with Crippen LogP contribution >= 0.6 is 0 Å². The Morgan fingerprint density at radius 3 is 2.76 bits per heavy atom. The molecule has 21 heavy (non-hydrogen) atoms. The average Bonchev–Trinajstić information content (AvgIpc) is 2.51. The third-order valence-corrected chi connectivity index (χ3v) is 3.69. The molecule has 2 aromatic rings. The molecular weight excluding hydrogens is 262 g/mol. The van der Waals surface area contributed by atoms with Crippen LogP contribution < -0.4 is 5.73 Å². The lowest BCUT2D eigenvalue weighted by Gasteiger charge is -2.31. The molecule has 0 radical (unpaired) electrons. The zero-order chi connectivity index (χ0) is 15.5. The SMILES string of the molecule is CCN(CC(C)(C)CN)C(=O)c1ccc2ncccc2c1. The predicted molar refractivity (Wildman–Crippen MR) is 86.2 cm³/mol. The Hall–Kier alpha value is -1.94. The first-order chi connectivity index (χ1) is 9.96. The van der Waals surface area contributed by atoms with Gasteiger partial charge in [0.05, 0.1) is 5.52 Å². The van der Waals surface area contributed by atoms with Gasteiger partial charge in [-0.3, -0.25) is 9.78 Å². The lowest BCUT2D eigenvalue weighted by molar-refractivity contribution is 0.0701. The lowest BCUT2D eigenvalue weighted by atomic mass is 9.93. The summed E-state index contributed by atoms with van der Waals surface area (Å²) in [6, 6.07) is 9.49. The van der Waals surface area contributed by atoms with Crippen LogP contribution in [0.1, 0.15) is 31.1 Å². The molecule has 0 saturated heterocycles. The number of nitrogens with two attached hydrogens (primary N) is 1. The van der Waals surface area contributed by atoms with Crippen LogP contribution in [0, 0.1) is 5.41 Å². The second-order valence-corrected chi connectivity index (χ2v) is 6.10. The number of nitrogens with zero attached hydrogens (tertiary/aromatic N) is 2. The maximum atomic E-state index is 12.7. The highest BCUT2D eigenvalue weighted by atomic mass is 16.2. The molecule has 1 amide bonds. The van der Waals surface area contributed by atoms with Crippen molar-refractivity contribution < 1.29 is 4.79 Å². The molecule has 0 aliphatic rings. The highest BCUT2D eigenvalue weighted by Gasteiger charge is 2.23. The van der Waals surface area contributed by atoms with Gasteiger partial charge in [0.1, 0.15) is 0 Å². The Bertz CT molecular complexity index is 637. The minimum absolute atomic E-state index is 0.0461. The molecule has 0 aliphatic heterocycles. The smallest absolute Gasteiger partial charge is 0.253 e. The molecule has 1 heterocycles. The molecular formula is C17H23N3O. The van der Waals surface area contributed by atoms with Crippen LogP contribution in [0.25, 0.3) is 10.9 Å². The van der Waals surface area contributed by atoms with Crippen LogP contribution in [-0.2, 0) is 0 Å². The van der Waals surface area contributed by atoms with Crippen LogP contribution in [0.15, 0.2) is 36.5 Å². The van der Waals surface area contributed by atoms with Gasteiger partial charge < -0.3 is 10.6 Å². The Labute approximate surface area is 126 Å². The van der Waals surface area contributed by atoms with E-state index in [1.165, 1.54) is 0 Å². The van der Waals surface area contributed by atoms with Crippen molar-refractivity contribution in [3.63, 3.8) is 0 Å². The lowest BCUT2D eigenvalue weighted by Crippen LogP contribution is -2.41. The Balaban J connectivity index is 2.27. The van der Waals surface area contributed by atoms with E-state index in [1.807, 2.05) is 42.2 Å². The second kappa shape index (κ2) is 6.22. The molecule has 112 valence electrons. The minimum Gasteiger partial charge on any atom is -0.338 e. The van der Waals surface area contributed by atoms with Crippen molar-refractivity contribution in [1.82, 2.24) is 9.88 Å². The molecule has 0 saturated carbocycles. The molecule has 0 aliphatic carbocycles. The van der Waals surface area contributed by atoms with Crippen molar-refractivity contribution in [1.29, 1.82) is 0 Å². The van der Waals surface area contributed by atoms with Crippen LogP contribution in [0.2, 0.25) is 0 Å². The minimum atomic E-state index is -0.0793. The largest absolute Gasteiger partial charge is 0.338 e. The monoisotopic (exact) mass is 285 g/mol. The summed E-state index contributed by atoms with van der Waals surface area (Å²) in [7, 11) is 0. The number of pyridine rings is 1. The molecule has 4 heteroatoms. The van der Waals surface area contributed by atoms with Gasteiger partial charge in [-0.1, -0.05) is 19.9 Å². The van der Waals surface area contributed by atoms with E-state index in [0.717, 1.165) is 10.9 Å². The zero-order valence-corrected chi connectivity index (χ0v) is 13.0. The first kappa shape index (κ1) is 15.4. The Kier molecular flexibility index (Phi) is 4.58. The number of aromatic nitrogens is 1. The number of benzene rings is 1. The molecule has 0 atom stereocenters. The number of fused-ring (bicyclic) bond motifs is 1. The number of rotatable bonds is 5. The summed E-state index contributed by atoms with van der Waals surface area (Å²) in [4.78, 5) is 18.8. The van der Waals surface area contributed by atoms with E-state index in [1.54, 1.807) is 6.20 Å². The average molecular weight is 285 g/mol. The van der Waals surface area contributed by atoms with Crippen molar-refractivity contribution >= 4 is 16.8 Å². The van der Waals surface area contributed by atoms with Crippen molar-refractivity contribution in [3.05, 3.63) is 42.1 Å². The first-order valence-corrected chi connectivity index (χ1v) is 7.31. The number of hydrogen-bond acceptors (Lipinski definition) is 3. The molecule has 0 spiro atoms.